The Morgan fingerprint density at radius 1 is 1.10 bits per heavy atom. The molecule has 0 N–H and O–H groups in total. The van der Waals surface area contributed by atoms with Gasteiger partial charge in [0.05, 0.1) is 9.80 Å². The van der Waals surface area contributed by atoms with Gasteiger partial charge in [-0.05, 0) is 11.6 Å². The van der Waals surface area contributed by atoms with Crippen molar-refractivity contribution in [2.45, 2.75) is 5.38 Å². The molecule has 2 heterocycles. The van der Waals surface area contributed by atoms with Gasteiger partial charge in [0.15, 0.2) is 5.01 Å². The van der Waals surface area contributed by atoms with E-state index in [1.54, 1.807) is 6.07 Å². The molecular formula is C13H8ClN3O2S2. The van der Waals surface area contributed by atoms with Crippen LogP contribution in [0.15, 0.2) is 42.5 Å². The molecule has 3 rings (SSSR count). The Morgan fingerprint density at radius 2 is 1.86 bits per heavy atom. The van der Waals surface area contributed by atoms with E-state index in [4.69, 9.17) is 11.6 Å². The molecule has 2 aromatic heterocycles. The normalized spacial score (nSPS) is 12.2. The van der Waals surface area contributed by atoms with Crippen molar-refractivity contribution >= 4 is 39.3 Å². The Bertz CT molecular complexity index is 773. The summed E-state index contributed by atoms with van der Waals surface area (Å²) in [6.45, 7) is 0. The topological polar surface area (TPSA) is 68.9 Å². The van der Waals surface area contributed by atoms with E-state index < -0.39 is 4.92 Å². The molecule has 0 bridgehead atoms. The van der Waals surface area contributed by atoms with Crippen LogP contribution in [0.2, 0.25) is 0 Å². The molecule has 0 amide bonds. The van der Waals surface area contributed by atoms with Crippen molar-refractivity contribution in [3.63, 3.8) is 0 Å². The summed E-state index contributed by atoms with van der Waals surface area (Å²) in [6.07, 6.45) is 0. The van der Waals surface area contributed by atoms with Gasteiger partial charge in [-0.25, -0.2) is 0 Å². The van der Waals surface area contributed by atoms with Crippen molar-refractivity contribution in [1.29, 1.82) is 0 Å². The Kier molecular flexibility index (Phi) is 3.96. The van der Waals surface area contributed by atoms with E-state index in [2.05, 4.69) is 10.2 Å². The smallest absolute Gasteiger partial charge is 0.258 e. The minimum atomic E-state index is -0.412. The van der Waals surface area contributed by atoms with Crippen molar-refractivity contribution in [2.24, 2.45) is 0 Å². The zero-order chi connectivity index (χ0) is 14.8. The molecule has 0 radical (unpaired) electrons. The highest BCUT2D eigenvalue weighted by atomic mass is 35.5. The number of nitrogens with zero attached hydrogens (tertiary/aromatic N) is 3. The van der Waals surface area contributed by atoms with Gasteiger partial charge >= 0.3 is 5.00 Å². The molecule has 0 saturated heterocycles. The Morgan fingerprint density at radius 3 is 2.52 bits per heavy atom. The van der Waals surface area contributed by atoms with E-state index in [0.717, 1.165) is 21.8 Å². The van der Waals surface area contributed by atoms with Crippen molar-refractivity contribution in [1.82, 2.24) is 10.2 Å². The number of benzene rings is 1. The Hall–Kier alpha value is -1.83. The minimum Gasteiger partial charge on any atom is -0.258 e. The lowest BCUT2D eigenvalue weighted by molar-refractivity contribution is -0.380. The number of aromatic nitrogens is 2. The van der Waals surface area contributed by atoms with Crippen LogP contribution in [0.25, 0.3) is 9.88 Å². The third kappa shape index (κ3) is 2.94. The first-order chi connectivity index (χ1) is 10.1. The van der Waals surface area contributed by atoms with Crippen LogP contribution < -0.4 is 0 Å². The predicted molar refractivity (Wildman–Crippen MR) is 84.0 cm³/mol. The first-order valence-corrected chi connectivity index (χ1v) is 7.99. The number of hydrogen-bond donors (Lipinski definition) is 0. The molecule has 0 aliphatic rings. The number of nitro groups is 1. The fourth-order valence-electron chi connectivity index (χ4n) is 1.74. The number of halogens is 1. The lowest BCUT2D eigenvalue weighted by atomic mass is 10.1. The molecule has 3 aromatic rings. The maximum Gasteiger partial charge on any atom is 0.324 e. The van der Waals surface area contributed by atoms with Gasteiger partial charge in [-0.3, -0.25) is 10.1 Å². The van der Waals surface area contributed by atoms with Gasteiger partial charge in [-0.15, -0.1) is 21.8 Å². The maximum absolute atomic E-state index is 10.7. The second kappa shape index (κ2) is 5.88. The van der Waals surface area contributed by atoms with Crippen molar-refractivity contribution in [3.8, 4) is 9.88 Å². The quantitative estimate of drug-likeness (QED) is 0.399. The molecule has 1 aromatic carbocycles. The fraction of sp³-hybridized carbons (Fsp3) is 0.0769. The largest absolute Gasteiger partial charge is 0.324 e. The summed E-state index contributed by atoms with van der Waals surface area (Å²) in [7, 11) is 0. The van der Waals surface area contributed by atoms with Gasteiger partial charge < -0.3 is 0 Å². The van der Waals surface area contributed by atoms with Crippen LogP contribution in [0, 0.1) is 10.1 Å². The van der Waals surface area contributed by atoms with Crippen LogP contribution in [0.1, 0.15) is 15.9 Å². The third-order valence-electron chi connectivity index (χ3n) is 2.73. The summed E-state index contributed by atoms with van der Waals surface area (Å²) < 4.78 is 0. The molecule has 1 unspecified atom stereocenters. The molecule has 106 valence electrons. The molecule has 0 spiro atoms. The molecule has 8 heteroatoms. The van der Waals surface area contributed by atoms with Gasteiger partial charge in [0.2, 0.25) is 0 Å². The van der Waals surface area contributed by atoms with Crippen molar-refractivity contribution in [3.05, 3.63) is 63.1 Å². The number of thiophene rings is 1. The standard InChI is InChI=1S/C13H8ClN3O2S2/c14-11(8-4-2-1-3-5-8)13-16-15-12(21-13)9-6-7-10(20-9)17(18)19/h1-7,11H. The fourth-order valence-corrected chi connectivity index (χ4v) is 3.78. The molecule has 1 atom stereocenters. The first kappa shape index (κ1) is 14.1. The molecule has 0 fully saturated rings. The summed E-state index contributed by atoms with van der Waals surface area (Å²) in [4.78, 5) is 11.0. The van der Waals surface area contributed by atoms with Crippen molar-refractivity contribution in [2.75, 3.05) is 0 Å². The molecule has 0 saturated carbocycles. The van der Waals surface area contributed by atoms with Crippen LogP contribution in [0.4, 0.5) is 5.00 Å². The minimum absolute atomic E-state index is 0.0900. The second-order valence-corrected chi connectivity index (χ2v) is 6.62. The van der Waals surface area contributed by atoms with E-state index in [1.165, 1.54) is 17.4 Å². The lowest BCUT2D eigenvalue weighted by Crippen LogP contribution is -1.91. The van der Waals surface area contributed by atoms with Gasteiger partial charge in [-0.1, -0.05) is 53.0 Å². The monoisotopic (exact) mass is 337 g/mol. The van der Waals surface area contributed by atoms with Crippen LogP contribution in [0.3, 0.4) is 0 Å². The summed E-state index contributed by atoms with van der Waals surface area (Å²) in [5.74, 6) is 0. The number of rotatable bonds is 4. The average Bonchev–Trinajstić information content (AvgIpc) is 3.16. The Labute approximate surface area is 133 Å². The highest BCUT2D eigenvalue weighted by Crippen LogP contribution is 2.37. The predicted octanol–water partition coefficient (Wildman–Crippen LogP) is 4.50. The summed E-state index contributed by atoms with van der Waals surface area (Å²) in [5.41, 5.74) is 0.944. The zero-order valence-corrected chi connectivity index (χ0v) is 12.9. The molecule has 21 heavy (non-hydrogen) atoms. The van der Waals surface area contributed by atoms with Crippen LogP contribution in [-0.2, 0) is 0 Å². The second-order valence-electron chi connectivity index (χ2n) is 4.11. The van der Waals surface area contributed by atoms with Gasteiger partial charge in [-0.2, -0.15) is 0 Å². The molecule has 0 aliphatic heterocycles. The van der Waals surface area contributed by atoms with Crippen LogP contribution in [-0.4, -0.2) is 15.1 Å². The Balaban J connectivity index is 1.87. The zero-order valence-electron chi connectivity index (χ0n) is 10.5. The summed E-state index contributed by atoms with van der Waals surface area (Å²) in [6, 6.07) is 12.7. The highest BCUT2D eigenvalue weighted by molar-refractivity contribution is 7.23. The van der Waals surface area contributed by atoms with Crippen LogP contribution >= 0.6 is 34.3 Å². The number of hydrogen-bond acceptors (Lipinski definition) is 6. The molecular weight excluding hydrogens is 330 g/mol. The first-order valence-electron chi connectivity index (χ1n) is 5.92. The van der Waals surface area contributed by atoms with E-state index in [1.807, 2.05) is 30.3 Å². The van der Waals surface area contributed by atoms with E-state index in [-0.39, 0.29) is 10.4 Å². The van der Waals surface area contributed by atoms with Crippen LogP contribution in [0.5, 0.6) is 0 Å². The maximum atomic E-state index is 10.7. The number of alkyl halides is 1. The summed E-state index contributed by atoms with van der Waals surface area (Å²) >= 11 is 8.82. The van der Waals surface area contributed by atoms with Gasteiger partial charge in [0.25, 0.3) is 0 Å². The highest BCUT2D eigenvalue weighted by Gasteiger charge is 2.19. The van der Waals surface area contributed by atoms with Crippen molar-refractivity contribution < 1.29 is 4.92 Å². The van der Waals surface area contributed by atoms with Gasteiger partial charge in [0.1, 0.15) is 10.4 Å². The van der Waals surface area contributed by atoms with Gasteiger partial charge in [0, 0.05) is 6.07 Å². The van der Waals surface area contributed by atoms with E-state index in [9.17, 15) is 10.1 Å². The van der Waals surface area contributed by atoms with E-state index in [0.29, 0.717) is 10.0 Å². The lowest BCUT2D eigenvalue weighted by Gasteiger charge is -2.04. The SMILES string of the molecule is O=[N+]([O-])c1ccc(-c2nnc(C(Cl)c3ccccc3)s2)s1. The molecule has 5 nitrogen and oxygen atoms in total. The summed E-state index contributed by atoms with van der Waals surface area (Å²) in [5, 5.41) is 19.9. The average molecular weight is 338 g/mol. The molecule has 0 aliphatic carbocycles. The van der Waals surface area contributed by atoms with E-state index >= 15 is 0 Å². The third-order valence-corrected chi connectivity index (χ3v) is 5.51.